The number of thiophene rings is 1. The molecule has 0 aliphatic rings. The zero-order valence-electron chi connectivity index (χ0n) is 15.4. The molecule has 2 aromatic carbocycles. The molecule has 3 aromatic rings. The van der Waals surface area contributed by atoms with Crippen LogP contribution in [0.3, 0.4) is 0 Å². The van der Waals surface area contributed by atoms with Crippen LogP contribution in [0.15, 0.2) is 75.1 Å². The predicted octanol–water partition coefficient (Wildman–Crippen LogP) is 4.48. The van der Waals surface area contributed by atoms with E-state index in [1.54, 1.807) is 66.0 Å². The minimum atomic E-state index is -3.58. The molecule has 1 aromatic heterocycles. The average Bonchev–Trinajstić information content (AvgIpc) is 3.23. The Morgan fingerprint density at radius 3 is 2.21 bits per heavy atom. The quantitative estimate of drug-likeness (QED) is 0.393. The van der Waals surface area contributed by atoms with Gasteiger partial charge in [0.05, 0.1) is 5.75 Å². The van der Waals surface area contributed by atoms with Gasteiger partial charge in [0.15, 0.2) is 5.78 Å². The van der Waals surface area contributed by atoms with Gasteiger partial charge >= 0.3 is 0 Å². The van der Waals surface area contributed by atoms with Crippen molar-refractivity contribution in [2.75, 3.05) is 15.8 Å². The topological polar surface area (TPSA) is 92.3 Å². The third kappa shape index (κ3) is 5.93. The van der Waals surface area contributed by atoms with Crippen LogP contribution in [0.25, 0.3) is 0 Å². The van der Waals surface area contributed by atoms with Crippen molar-refractivity contribution in [2.45, 2.75) is 16.0 Å². The van der Waals surface area contributed by atoms with Crippen LogP contribution in [0.2, 0.25) is 0 Å². The van der Waals surface area contributed by atoms with Gasteiger partial charge in [0.1, 0.15) is 4.21 Å². The van der Waals surface area contributed by atoms with Gasteiger partial charge in [-0.2, -0.15) is 0 Å². The van der Waals surface area contributed by atoms with Crippen LogP contribution in [0, 0.1) is 0 Å². The summed E-state index contributed by atoms with van der Waals surface area (Å²) in [6, 6.07) is 16.8. The highest BCUT2D eigenvalue weighted by Crippen LogP contribution is 2.24. The van der Waals surface area contributed by atoms with Crippen molar-refractivity contribution in [1.82, 2.24) is 0 Å². The Bertz CT molecular complexity index is 1090. The highest BCUT2D eigenvalue weighted by atomic mass is 32.2. The Labute approximate surface area is 177 Å². The standard InChI is InChI=1S/C20H18N2O4S3/c1-14(23)15-4-6-16(7-5-15)21-19(24)13-28-18-10-8-17(9-11-18)22-29(25,26)20-3-2-12-27-20/h2-12,22H,13H2,1H3,(H,21,24). The minimum Gasteiger partial charge on any atom is -0.325 e. The van der Waals surface area contributed by atoms with Gasteiger partial charge in [-0.15, -0.1) is 23.1 Å². The van der Waals surface area contributed by atoms with Crippen molar-refractivity contribution in [3.05, 3.63) is 71.6 Å². The van der Waals surface area contributed by atoms with E-state index in [1.807, 2.05) is 0 Å². The highest BCUT2D eigenvalue weighted by Gasteiger charge is 2.15. The molecule has 0 bridgehead atoms. The number of thioether (sulfide) groups is 1. The molecule has 0 aliphatic carbocycles. The summed E-state index contributed by atoms with van der Waals surface area (Å²) in [6.45, 7) is 1.49. The molecule has 0 spiro atoms. The van der Waals surface area contributed by atoms with Crippen LogP contribution >= 0.6 is 23.1 Å². The van der Waals surface area contributed by atoms with Crippen LogP contribution in [-0.4, -0.2) is 25.9 Å². The lowest BCUT2D eigenvalue weighted by Gasteiger charge is -2.08. The summed E-state index contributed by atoms with van der Waals surface area (Å²) in [5, 5.41) is 4.48. The van der Waals surface area contributed by atoms with E-state index in [2.05, 4.69) is 10.0 Å². The molecule has 0 saturated heterocycles. The number of rotatable bonds is 8. The lowest BCUT2D eigenvalue weighted by Crippen LogP contribution is -2.14. The zero-order valence-corrected chi connectivity index (χ0v) is 17.9. The van der Waals surface area contributed by atoms with Crippen LogP contribution in [0.5, 0.6) is 0 Å². The van der Waals surface area contributed by atoms with E-state index in [-0.39, 0.29) is 21.7 Å². The Kier molecular flexibility index (Phi) is 6.73. The Morgan fingerprint density at radius 2 is 1.62 bits per heavy atom. The molecule has 29 heavy (non-hydrogen) atoms. The number of hydrogen-bond donors (Lipinski definition) is 2. The second-order valence-electron chi connectivity index (χ2n) is 6.03. The number of carbonyl (C=O) groups excluding carboxylic acids is 2. The third-order valence-corrected chi connectivity index (χ3v) is 7.60. The molecular weight excluding hydrogens is 428 g/mol. The van der Waals surface area contributed by atoms with E-state index >= 15 is 0 Å². The number of hydrogen-bond acceptors (Lipinski definition) is 6. The zero-order chi connectivity index (χ0) is 20.9. The number of benzene rings is 2. The molecule has 2 N–H and O–H groups in total. The molecule has 0 radical (unpaired) electrons. The number of anilines is 2. The number of ketones is 1. The summed E-state index contributed by atoms with van der Waals surface area (Å²) < 4.78 is 27.2. The van der Waals surface area contributed by atoms with Crippen LogP contribution in [0.4, 0.5) is 11.4 Å². The molecule has 0 atom stereocenters. The van der Waals surface area contributed by atoms with Crippen molar-refractivity contribution in [3.63, 3.8) is 0 Å². The second-order valence-corrected chi connectivity index (χ2v) is 9.94. The molecular formula is C20H18N2O4S3. The highest BCUT2D eigenvalue weighted by molar-refractivity contribution is 8.00. The fraction of sp³-hybridized carbons (Fsp3) is 0.100. The largest absolute Gasteiger partial charge is 0.325 e. The average molecular weight is 447 g/mol. The van der Waals surface area contributed by atoms with Gasteiger partial charge in [-0.1, -0.05) is 6.07 Å². The van der Waals surface area contributed by atoms with Gasteiger partial charge in [-0.3, -0.25) is 14.3 Å². The number of amides is 1. The molecule has 1 heterocycles. The first-order valence-corrected chi connectivity index (χ1v) is 11.9. The first kappa shape index (κ1) is 21.1. The lowest BCUT2D eigenvalue weighted by atomic mass is 10.1. The van der Waals surface area contributed by atoms with Crippen LogP contribution in [-0.2, 0) is 14.8 Å². The summed E-state index contributed by atoms with van der Waals surface area (Å²) in [5.41, 5.74) is 1.67. The van der Waals surface area contributed by atoms with Crippen LogP contribution < -0.4 is 10.0 Å². The smallest absolute Gasteiger partial charge is 0.271 e. The SMILES string of the molecule is CC(=O)c1ccc(NC(=O)CSc2ccc(NS(=O)(=O)c3cccs3)cc2)cc1. The fourth-order valence-electron chi connectivity index (χ4n) is 2.38. The molecule has 0 unspecified atom stereocenters. The van der Waals surface area contributed by atoms with E-state index in [9.17, 15) is 18.0 Å². The molecule has 9 heteroatoms. The van der Waals surface area contributed by atoms with Gasteiger partial charge in [-0.05, 0) is 66.9 Å². The molecule has 0 saturated carbocycles. The number of carbonyl (C=O) groups is 2. The van der Waals surface area contributed by atoms with E-state index in [0.29, 0.717) is 16.9 Å². The van der Waals surface area contributed by atoms with Crippen molar-refractivity contribution in [3.8, 4) is 0 Å². The molecule has 6 nitrogen and oxygen atoms in total. The van der Waals surface area contributed by atoms with Crippen LogP contribution in [0.1, 0.15) is 17.3 Å². The monoisotopic (exact) mass is 446 g/mol. The van der Waals surface area contributed by atoms with Gasteiger partial charge in [0.2, 0.25) is 5.91 Å². The van der Waals surface area contributed by atoms with Crippen molar-refractivity contribution >= 4 is 56.2 Å². The number of nitrogens with one attached hydrogen (secondary N) is 2. The number of Topliss-reactive ketones (excluding diaryl/α,β-unsaturated/α-hetero) is 1. The predicted molar refractivity (Wildman–Crippen MR) is 117 cm³/mol. The van der Waals surface area contributed by atoms with E-state index < -0.39 is 10.0 Å². The van der Waals surface area contributed by atoms with Gasteiger partial charge in [-0.25, -0.2) is 8.42 Å². The van der Waals surface area contributed by atoms with Gasteiger partial charge in [0, 0.05) is 21.8 Å². The maximum absolute atomic E-state index is 12.2. The van der Waals surface area contributed by atoms with E-state index in [0.717, 1.165) is 16.2 Å². The molecule has 1 amide bonds. The fourth-order valence-corrected chi connectivity index (χ4v) is 5.13. The minimum absolute atomic E-state index is 0.0282. The van der Waals surface area contributed by atoms with Crippen molar-refractivity contribution < 1.29 is 18.0 Å². The maximum Gasteiger partial charge on any atom is 0.271 e. The first-order valence-electron chi connectivity index (χ1n) is 8.53. The lowest BCUT2D eigenvalue weighted by molar-refractivity contribution is -0.113. The van der Waals surface area contributed by atoms with Crippen molar-refractivity contribution in [1.29, 1.82) is 0 Å². The summed E-state index contributed by atoms with van der Waals surface area (Å²) in [4.78, 5) is 24.2. The Balaban J connectivity index is 1.52. The summed E-state index contributed by atoms with van der Waals surface area (Å²) in [7, 11) is -3.58. The second kappa shape index (κ2) is 9.25. The summed E-state index contributed by atoms with van der Waals surface area (Å²) >= 11 is 2.49. The first-order chi connectivity index (χ1) is 13.8. The Morgan fingerprint density at radius 1 is 0.966 bits per heavy atom. The van der Waals surface area contributed by atoms with Gasteiger partial charge in [0.25, 0.3) is 10.0 Å². The molecule has 0 aliphatic heterocycles. The summed E-state index contributed by atoms with van der Waals surface area (Å²) in [5.74, 6) is 0.00181. The molecule has 150 valence electrons. The van der Waals surface area contributed by atoms with E-state index in [4.69, 9.17) is 0 Å². The molecule has 3 rings (SSSR count). The molecule has 0 fully saturated rings. The van der Waals surface area contributed by atoms with Crippen molar-refractivity contribution in [2.24, 2.45) is 0 Å². The third-order valence-electron chi connectivity index (χ3n) is 3.81. The number of sulfonamides is 1. The summed E-state index contributed by atoms with van der Waals surface area (Å²) in [6.07, 6.45) is 0. The van der Waals surface area contributed by atoms with E-state index in [1.165, 1.54) is 18.7 Å². The van der Waals surface area contributed by atoms with Gasteiger partial charge < -0.3 is 5.32 Å². The Hall–Kier alpha value is -2.62. The maximum atomic E-state index is 12.2. The normalized spacial score (nSPS) is 11.1.